The number of rotatable bonds is 5. The van der Waals surface area contributed by atoms with Gasteiger partial charge in [-0.05, 0) is 24.5 Å². The molecule has 2 fully saturated rings. The lowest BCUT2D eigenvalue weighted by atomic mass is 10.2. The minimum absolute atomic E-state index is 0.175. The molecule has 2 aliphatic heterocycles. The van der Waals surface area contributed by atoms with Gasteiger partial charge in [-0.2, -0.15) is 0 Å². The minimum Gasteiger partial charge on any atom is -0.445 e. The van der Waals surface area contributed by atoms with Crippen molar-refractivity contribution in [1.82, 2.24) is 4.90 Å². The molecule has 0 aliphatic carbocycles. The summed E-state index contributed by atoms with van der Waals surface area (Å²) >= 11 is 0. The van der Waals surface area contributed by atoms with E-state index in [1.807, 2.05) is 35.2 Å². The van der Waals surface area contributed by atoms with Crippen LogP contribution >= 0.6 is 0 Å². The van der Waals surface area contributed by atoms with E-state index in [-0.39, 0.29) is 12.1 Å². The Hall–Kier alpha value is -1.85. The summed E-state index contributed by atoms with van der Waals surface area (Å²) in [4.78, 5) is 15.7. The molecular weight excluding hydrogens is 304 g/mol. The number of ether oxygens (including phenoxy) is 2. The van der Waals surface area contributed by atoms with Crippen LogP contribution < -0.4 is 4.90 Å². The van der Waals surface area contributed by atoms with E-state index in [1.165, 1.54) is 0 Å². The van der Waals surface area contributed by atoms with Gasteiger partial charge in [0.05, 0.1) is 25.8 Å². The molecule has 1 aromatic rings. The molecule has 3 rings (SSSR count). The van der Waals surface area contributed by atoms with Crippen LogP contribution in [-0.2, 0) is 16.1 Å². The summed E-state index contributed by atoms with van der Waals surface area (Å²) < 4.78 is 10.8. The molecule has 130 valence electrons. The van der Waals surface area contributed by atoms with Gasteiger partial charge in [0.25, 0.3) is 0 Å². The highest BCUT2D eigenvalue weighted by atomic mass is 16.6. The van der Waals surface area contributed by atoms with Gasteiger partial charge in [0.15, 0.2) is 0 Å². The maximum atomic E-state index is 12.3. The van der Waals surface area contributed by atoms with Gasteiger partial charge in [-0.15, -0.1) is 0 Å². The Bertz CT molecular complexity index is 541. The summed E-state index contributed by atoms with van der Waals surface area (Å²) in [6, 6.07) is 9.99. The molecule has 0 radical (unpaired) electrons. The second kappa shape index (κ2) is 8.85. The first-order chi connectivity index (χ1) is 11.8. The normalized spacial score (nSPS) is 22.2. The van der Waals surface area contributed by atoms with Crippen LogP contribution in [0.4, 0.5) is 4.79 Å². The number of hydrogen-bond donors (Lipinski definition) is 1. The van der Waals surface area contributed by atoms with Crippen LogP contribution in [0, 0.1) is 0 Å². The number of amides is 1. The predicted molar refractivity (Wildman–Crippen MR) is 91.9 cm³/mol. The molecule has 0 spiro atoms. The lowest BCUT2D eigenvalue weighted by Gasteiger charge is -2.23. The van der Waals surface area contributed by atoms with Crippen molar-refractivity contribution in [1.29, 1.82) is 0 Å². The van der Waals surface area contributed by atoms with E-state index in [1.54, 1.807) is 4.90 Å². The second-order valence-corrected chi connectivity index (χ2v) is 6.44. The van der Waals surface area contributed by atoms with Crippen molar-refractivity contribution in [3.8, 4) is 0 Å². The predicted octanol–water partition coefficient (Wildman–Crippen LogP) is 1.26. The molecule has 1 aromatic carbocycles. The van der Waals surface area contributed by atoms with E-state index in [0.717, 1.165) is 57.8 Å². The van der Waals surface area contributed by atoms with Crippen LogP contribution in [0.25, 0.3) is 0 Å². The van der Waals surface area contributed by atoms with Crippen LogP contribution in [0.2, 0.25) is 0 Å². The fourth-order valence-corrected chi connectivity index (χ4v) is 3.28. The monoisotopic (exact) mass is 331 g/mol. The highest BCUT2D eigenvalue weighted by Gasteiger charge is 2.28. The van der Waals surface area contributed by atoms with Crippen molar-refractivity contribution < 1.29 is 19.2 Å². The quantitative estimate of drug-likeness (QED) is 0.826. The molecule has 2 heterocycles. The van der Waals surface area contributed by atoms with Crippen LogP contribution in [-0.4, -0.2) is 56.4 Å². The van der Waals surface area contributed by atoms with Gasteiger partial charge in [0, 0.05) is 6.54 Å². The van der Waals surface area contributed by atoms with Crippen molar-refractivity contribution in [3.63, 3.8) is 0 Å². The summed E-state index contributed by atoms with van der Waals surface area (Å²) in [5.41, 5.74) is 1.02. The Balaban J connectivity index is 1.46. The fourth-order valence-electron chi connectivity index (χ4n) is 3.28. The number of carbonyl (C=O) groups excluding carboxylic acids is 1. The summed E-state index contributed by atoms with van der Waals surface area (Å²) in [7, 11) is 0. The highest BCUT2D eigenvalue weighted by Crippen LogP contribution is 2.19. The lowest BCUT2D eigenvalue weighted by Crippen LogP contribution is -3.13. The number of quaternary nitrogens is 1. The molecule has 1 amide bonds. The molecule has 5 heteroatoms. The van der Waals surface area contributed by atoms with Crippen molar-refractivity contribution in [2.75, 3.05) is 39.4 Å². The SMILES string of the molecule is O=C(OCc1ccccc1)N1CCC[C@H]1/C=C/C[NH+]1CCOCC1. The van der Waals surface area contributed by atoms with Crippen LogP contribution in [0.15, 0.2) is 42.5 Å². The van der Waals surface area contributed by atoms with Gasteiger partial charge in [-0.1, -0.05) is 36.4 Å². The first-order valence-corrected chi connectivity index (χ1v) is 8.88. The third-order valence-electron chi connectivity index (χ3n) is 4.70. The Labute approximate surface area is 143 Å². The number of nitrogens with one attached hydrogen (secondary N) is 1. The van der Waals surface area contributed by atoms with Gasteiger partial charge >= 0.3 is 6.09 Å². The van der Waals surface area contributed by atoms with Gasteiger partial charge in [-0.25, -0.2) is 4.79 Å². The fraction of sp³-hybridized carbons (Fsp3) is 0.526. The summed E-state index contributed by atoms with van der Waals surface area (Å²) in [5, 5.41) is 0. The molecule has 24 heavy (non-hydrogen) atoms. The zero-order valence-electron chi connectivity index (χ0n) is 14.2. The maximum absolute atomic E-state index is 12.3. The third kappa shape index (κ3) is 4.82. The molecule has 1 N–H and O–H groups in total. The lowest BCUT2D eigenvalue weighted by molar-refractivity contribution is -0.902. The van der Waals surface area contributed by atoms with E-state index in [4.69, 9.17) is 9.47 Å². The van der Waals surface area contributed by atoms with Crippen LogP contribution in [0.1, 0.15) is 18.4 Å². The van der Waals surface area contributed by atoms with E-state index in [0.29, 0.717) is 6.61 Å². The average molecular weight is 331 g/mol. The van der Waals surface area contributed by atoms with Crippen molar-refractivity contribution >= 4 is 6.09 Å². The number of nitrogens with zero attached hydrogens (tertiary/aromatic N) is 1. The maximum Gasteiger partial charge on any atom is 0.410 e. The zero-order chi connectivity index (χ0) is 16.6. The number of morpholine rings is 1. The van der Waals surface area contributed by atoms with Gasteiger partial charge < -0.3 is 19.3 Å². The standard InChI is InChI=1S/C19H26N2O3/c22-19(24-16-17-6-2-1-3-7-17)21-11-5-9-18(21)8-4-10-20-12-14-23-15-13-20/h1-4,6-8,18H,5,9-16H2/p+1/b8-4+/t18-/m1/s1. The Morgan fingerprint density at radius 3 is 2.88 bits per heavy atom. The number of carbonyl (C=O) groups is 1. The smallest absolute Gasteiger partial charge is 0.410 e. The van der Waals surface area contributed by atoms with E-state index in [9.17, 15) is 4.79 Å². The molecule has 0 saturated carbocycles. The van der Waals surface area contributed by atoms with Crippen LogP contribution in [0.3, 0.4) is 0 Å². The molecule has 0 unspecified atom stereocenters. The Morgan fingerprint density at radius 1 is 1.29 bits per heavy atom. The minimum atomic E-state index is -0.204. The molecule has 2 aliphatic rings. The average Bonchev–Trinajstić information content (AvgIpc) is 3.10. The molecule has 5 nitrogen and oxygen atoms in total. The summed E-state index contributed by atoms with van der Waals surface area (Å²) in [5.74, 6) is 0. The van der Waals surface area contributed by atoms with E-state index >= 15 is 0 Å². The Morgan fingerprint density at radius 2 is 2.08 bits per heavy atom. The van der Waals surface area contributed by atoms with Crippen molar-refractivity contribution in [2.45, 2.75) is 25.5 Å². The number of benzene rings is 1. The zero-order valence-corrected chi connectivity index (χ0v) is 14.2. The summed E-state index contributed by atoms with van der Waals surface area (Å²) in [6.45, 7) is 5.97. The third-order valence-corrected chi connectivity index (χ3v) is 4.70. The molecular formula is C19H27N2O3+. The molecule has 0 aromatic heterocycles. The number of hydrogen-bond acceptors (Lipinski definition) is 3. The molecule has 2 saturated heterocycles. The topological polar surface area (TPSA) is 43.2 Å². The van der Waals surface area contributed by atoms with E-state index in [2.05, 4.69) is 12.2 Å². The first-order valence-electron chi connectivity index (χ1n) is 8.88. The van der Waals surface area contributed by atoms with Crippen molar-refractivity contribution in [2.24, 2.45) is 0 Å². The molecule has 0 bridgehead atoms. The van der Waals surface area contributed by atoms with Crippen LogP contribution in [0.5, 0.6) is 0 Å². The second-order valence-electron chi connectivity index (χ2n) is 6.44. The van der Waals surface area contributed by atoms with Crippen molar-refractivity contribution in [3.05, 3.63) is 48.0 Å². The summed E-state index contributed by atoms with van der Waals surface area (Å²) in [6.07, 6.45) is 6.26. The largest absolute Gasteiger partial charge is 0.445 e. The Kier molecular flexibility index (Phi) is 6.26. The van der Waals surface area contributed by atoms with Gasteiger partial charge in [0.1, 0.15) is 19.7 Å². The van der Waals surface area contributed by atoms with E-state index < -0.39 is 0 Å². The first kappa shape index (κ1) is 17.0. The molecule has 1 atom stereocenters. The number of likely N-dealkylation sites (tertiary alicyclic amines) is 1. The highest BCUT2D eigenvalue weighted by molar-refractivity contribution is 5.68. The van der Waals surface area contributed by atoms with Gasteiger partial charge in [-0.3, -0.25) is 0 Å². The van der Waals surface area contributed by atoms with Gasteiger partial charge in [0.2, 0.25) is 0 Å².